The summed E-state index contributed by atoms with van der Waals surface area (Å²) in [6.07, 6.45) is 0. The number of nitro benzene ring substituents is 1. The first kappa shape index (κ1) is 15.7. The Labute approximate surface area is 136 Å². The Morgan fingerprint density at radius 3 is 2.54 bits per heavy atom. The molecule has 9 nitrogen and oxygen atoms in total. The van der Waals surface area contributed by atoms with E-state index in [0.29, 0.717) is 17.0 Å². The van der Waals surface area contributed by atoms with Crippen molar-refractivity contribution in [1.29, 1.82) is 0 Å². The number of non-ortho nitro benzene ring substituents is 1. The summed E-state index contributed by atoms with van der Waals surface area (Å²) >= 11 is 0. The largest absolute Gasteiger partial charge is 0.361 e. The lowest BCUT2D eigenvalue weighted by atomic mass is 9.92. The lowest BCUT2D eigenvalue weighted by Gasteiger charge is -2.21. The standard InChI is InChI=1S/C15H14N4O5/c1-9-7-11(17-24-9)8-18-13(20)15(2,16-14(18)21)10-3-5-12(6-4-10)19(22)23/h3-7H,8H2,1-2H3,(H,16,21)/t15-/m1/s1. The molecular formula is C15H14N4O5. The molecule has 1 atom stereocenters. The molecule has 0 unspecified atom stereocenters. The van der Waals surface area contributed by atoms with Crippen molar-refractivity contribution < 1.29 is 19.0 Å². The lowest BCUT2D eigenvalue weighted by Crippen LogP contribution is -2.40. The van der Waals surface area contributed by atoms with Crippen LogP contribution in [-0.2, 0) is 16.9 Å². The Bertz CT molecular complexity index is 829. The molecule has 2 aromatic rings. The summed E-state index contributed by atoms with van der Waals surface area (Å²) in [5, 5.41) is 17.1. The first-order valence-electron chi connectivity index (χ1n) is 7.12. The number of hydrogen-bond donors (Lipinski definition) is 1. The number of aryl methyl sites for hydroxylation is 1. The molecule has 9 heteroatoms. The quantitative estimate of drug-likeness (QED) is 0.519. The van der Waals surface area contributed by atoms with Gasteiger partial charge in [0.15, 0.2) is 0 Å². The fourth-order valence-corrected chi connectivity index (χ4v) is 2.61. The van der Waals surface area contributed by atoms with Crippen molar-refractivity contribution in [3.8, 4) is 0 Å². The molecule has 1 saturated heterocycles. The zero-order valence-electron chi connectivity index (χ0n) is 13.0. The van der Waals surface area contributed by atoms with Crippen LogP contribution in [-0.4, -0.2) is 26.9 Å². The molecule has 3 amide bonds. The second kappa shape index (κ2) is 5.44. The van der Waals surface area contributed by atoms with Crippen molar-refractivity contribution >= 4 is 17.6 Å². The molecule has 0 radical (unpaired) electrons. The van der Waals surface area contributed by atoms with Gasteiger partial charge in [0.2, 0.25) is 0 Å². The molecule has 124 valence electrons. The Kier molecular flexibility index (Phi) is 3.55. The summed E-state index contributed by atoms with van der Waals surface area (Å²) < 4.78 is 4.93. The smallest absolute Gasteiger partial charge is 0.325 e. The Morgan fingerprint density at radius 2 is 2.00 bits per heavy atom. The van der Waals surface area contributed by atoms with E-state index in [1.807, 2.05) is 0 Å². The first-order valence-corrected chi connectivity index (χ1v) is 7.12. The van der Waals surface area contributed by atoms with Gasteiger partial charge in [-0.15, -0.1) is 0 Å². The minimum absolute atomic E-state index is 0.00935. The fourth-order valence-electron chi connectivity index (χ4n) is 2.61. The van der Waals surface area contributed by atoms with Crippen LogP contribution in [0.4, 0.5) is 10.5 Å². The van der Waals surface area contributed by atoms with Gasteiger partial charge in [-0.2, -0.15) is 0 Å². The highest BCUT2D eigenvalue weighted by Crippen LogP contribution is 2.30. The first-order chi connectivity index (χ1) is 11.3. The van der Waals surface area contributed by atoms with E-state index in [0.717, 1.165) is 4.90 Å². The van der Waals surface area contributed by atoms with Crippen LogP contribution >= 0.6 is 0 Å². The van der Waals surface area contributed by atoms with Crippen LogP contribution in [0.2, 0.25) is 0 Å². The number of carbonyl (C=O) groups is 2. The topological polar surface area (TPSA) is 119 Å². The minimum Gasteiger partial charge on any atom is -0.361 e. The van der Waals surface area contributed by atoms with Gasteiger partial charge < -0.3 is 9.84 Å². The number of amides is 3. The van der Waals surface area contributed by atoms with Gasteiger partial charge in [0.05, 0.1) is 11.5 Å². The highest BCUT2D eigenvalue weighted by atomic mass is 16.6. The second-order valence-corrected chi connectivity index (χ2v) is 5.68. The Morgan fingerprint density at radius 1 is 1.33 bits per heavy atom. The lowest BCUT2D eigenvalue weighted by molar-refractivity contribution is -0.384. The van der Waals surface area contributed by atoms with Gasteiger partial charge in [0, 0.05) is 18.2 Å². The van der Waals surface area contributed by atoms with Crippen LogP contribution in [0.1, 0.15) is 23.9 Å². The van der Waals surface area contributed by atoms with Crippen molar-refractivity contribution in [2.45, 2.75) is 25.9 Å². The predicted molar refractivity (Wildman–Crippen MR) is 80.8 cm³/mol. The molecule has 0 spiro atoms. The number of aromatic nitrogens is 1. The predicted octanol–water partition coefficient (Wildman–Crippen LogP) is 1.86. The molecule has 24 heavy (non-hydrogen) atoms. The summed E-state index contributed by atoms with van der Waals surface area (Å²) in [4.78, 5) is 36.2. The average molecular weight is 330 g/mol. The molecule has 1 aliphatic rings. The summed E-state index contributed by atoms with van der Waals surface area (Å²) in [6, 6.07) is 6.59. The van der Waals surface area contributed by atoms with E-state index in [-0.39, 0.29) is 12.2 Å². The molecular weight excluding hydrogens is 316 g/mol. The number of hydrogen-bond acceptors (Lipinski definition) is 6. The second-order valence-electron chi connectivity index (χ2n) is 5.68. The van der Waals surface area contributed by atoms with Gasteiger partial charge >= 0.3 is 6.03 Å². The highest BCUT2D eigenvalue weighted by molar-refractivity contribution is 6.07. The van der Waals surface area contributed by atoms with Gasteiger partial charge in [0.25, 0.3) is 11.6 Å². The molecule has 0 bridgehead atoms. The SMILES string of the molecule is Cc1cc(CN2C(=O)N[C@](C)(c3ccc([N+](=O)[O-])cc3)C2=O)no1. The zero-order valence-corrected chi connectivity index (χ0v) is 13.0. The maximum atomic E-state index is 12.7. The minimum atomic E-state index is -1.29. The van der Waals surface area contributed by atoms with E-state index in [9.17, 15) is 19.7 Å². The Hall–Kier alpha value is -3.23. The van der Waals surface area contributed by atoms with Crippen molar-refractivity contribution in [2.75, 3.05) is 0 Å². The number of benzene rings is 1. The molecule has 1 fully saturated rings. The van der Waals surface area contributed by atoms with Gasteiger partial charge in [0.1, 0.15) is 17.0 Å². The molecule has 2 heterocycles. The summed E-state index contributed by atoms with van der Waals surface area (Å²) in [5.74, 6) is 0.122. The van der Waals surface area contributed by atoms with Crippen LogP contribution in [0, 0.1) is 17.0 Å². The molecule has 3 rings (SSSR count). The summed E-state index contributed by atoms with van der Waals surface area (Å²) in [7, 11) is 0. The number of carbonyl (C=O) groups excluding carboxylic acids is 2. The van der Waals surface area contributed by atoms with Crippen LogP contribution in [0.5, 0.6) is 0 Å². The van der Waals surface area contributed by atoms with E-state index >= 15 is 0 Å². The molecule has 1 aromatic heterocycles. The van der Waals surface area contributed by atoms with E-state index in [2.05, 4.69) is 10.5 Å². The van der Waals surface area contributed by atoms with Crippen LogP contribution in [0.25, 0.3) is 0 Å². The number of nitrogens with zero attached hydrogens (tertiary/aromatic N) is 3. The van der Waals surface area contributed by atoms with E-state index in [4.69, 9.17) is 4.52 Å². The molecule has 1 aromatic carbocycles. The van der Waals surface area contributed by atoms with Crippen molar-refractivity contribution in [3.63, 3.8) is 0 Å². The van der Waals surface area contributed by atoms with Crippen molar-refractivity contribution in [2.24, 2.45) is 0 Å². The molecule has 1 N–H and O–H groups in total. The number of rotatable bonds is 4. The Balaban J connectivity index is 1.87. The zero-order chi connectivity index (χ0) is 17.5. The van der Waals surface area contributed by atoms with Gasteiger partial charge in [-0.3, -0.25) is 19.8 Å². The van der Waals surface area contributed by atoms with E-state index in [1.165, 1.54) is 24.3 Å². The van der Waals surface area contributed by atoms with Crippen LogP contribution in [0.3, 0.4) is 0 Å². The number of urea groups is 1. The third-order valence-electron chi connectivity index (χ3n) is 3.93. The normalized spacial score (nSPS) is 20.3. The average Bonchev–Trinajstić information content (AvgIpc) is 3.05. The fraction of sp³-hybridized carbons (Fsp3) is 0.267. The summed E-state index contributed by atoms with van der Waals surface area (Å²) in [5.41, 5.74) is -0.450. The van der Waals surface area contributed by atoms with Gasteiger partial charge in [-0.1, -0.05) is 5.16 Å². The van der Waals surface area contributed by atoms with Crippen LogP contribution in [0.15, 0.2) is 34.9 Å². The molecule has 0 saturated carbocycles. The van der Waals surface area contributed by atoms with E-state index < -0.39 is 22.4 Å². The van der Waals surface area contributed by atoms with Crippen LogP contribution < -0.4 is 5.32 Å². The summed E-state index contributed by atoms with van der Waals surface area (Å²) in [6.45, 7) is 3.26. The number of nitrogens with one attached hydrogen (secondary N) is 1. The third-order valence-corrected chi connectivity index (χ3v) is 3.93. The monoisotopic (exact) mass is 330 g/mol. The molecule has 1 aliphatic heterocycles. The van der Waals surface area contributed by atoms with Gasteiger partial charge in [-0.05, 0) is 31.5 Å². The van der Waals surface area contributed by atoms with E-state index in [1.54, 1.807) is 19.9 Å². The maximum Gasteiger partial charge on any atom is 0.325 e. The van der Waals surface area contributed by atoms with Gasteiger partial charge in [-0.25, -0.2) is 4.79 Å². The maximum absolute atomic E-state index is 12.7. The third kappa shape index (κ3) is 2.49. The number of imide groups is 1. The van der Waals surface area contributed by atoms with Crippen molar-refractivity contribution in [3.05, 3.63) is 57.5 Å². The van der Waals surface area contributed by atoms with Crippen molar-refractivity contribution in [1.82, 2.24) is 15.4 Å². The highest BCUT2D eigenvalue weighted by Gasteiger charge is 2.49. The molecule has 0 aliphatic carbocycles. The number of nitro groups is 1.